The number of methoxy groups -OCH3 is 2. The first-order chi connectivity index (χ1) is 14.1. The van der Waals surface area contributed by atoms with Gasteiger partial charge in [-0.05, 0) is 48.6 Å². The Bertz CT molecular complexity index is 1030. The summed E-state index contributed by atoms with van der Waals surface area (Å²) in [5, 5.41) is 10.6. The van der Waals surface area contributed by atoms with Crippen LogP contribution in [0.25, 0.3) is 10.8 Å². The van der Waals surface area contributed by atoms with Gasteiger partial charge in [0.1, 0.15) is 0 Å². The van der Waals surface area contributed by atoms with Crippen molar-refractivity contribution in [2.45, 2.75) is 18.8 Å². The fourth-order valence-corrected chi connectivity index (χ4v) is 3.97. The Morgan fingerprint density at radius 1 is 1.07 bits per heavy atom. The molecule has 1 aliphatic rings. The maximum absolute atomic E-state index is 11.3. The highest BCUT2D eigenvalue weighted by Crippen LogP contribution is 2.37. The number of ether oxygens (including phenoxy) is 2. The number of nitrogens with two attached hydrogens (primary N) is 1. The van der Waals surface area contributed by atoms with Crippen molar-refractivity contribution in [2.75, 3.05) is 32.2 Å². The van der Waals surface area contributed by atoms with E-state index in [1.807, 2.05) is 24.3 Å². The summed E-state index contributed by atoms with van der Waals surface area (Å²) in [4.78, 5) is 13.5. The molecular formula is C22H24N4O3. The number of benzene rings is 2. The van der Waals surface area contributed by atoms with E-state index >= 15 is 0 Å². The summed E-state index contributed by atoms with van der Waals surface area (Å²) in [5.74, 6) is 2.28. The molecule has 0 saturated carbocycles. The molecule has 4 rings (SSSR count). The number of amides is 1. The second-order valence-electron chi connectivity index (χ2n) is 7.21. The lowest BCUT2D eigenvalue weighted by Gasteiger charge is -2.33. The van der Waals surface area contributed by atoms with Gasteiger partial charge < -0.3 is 20.1 Å². The first-order valence-electron chi connectivity index (χ1n) is 9.63. The quantitative estimate of drug-likeness (QED) is 0.717. The van der Waals surface area contributed by atoms with Crippen molar-refractivity contribution >= 4 is 22.5 Å². The molecule has 1 fully saturated rings. The van der Waals surface area contributed by atoms with Crippen LogP contribution in [-0.2, 0) is 0 Å². The fourth-order valence-electron chi connectivity index (χ4n) is 3.97. The van der Waals surface area contributed by atoms with Crippen LogP contribution in [0.15, 0.2) is 42.6 Å². The zero-order valence-electron chi connectivity index (χ0n) is 16.6. The van der Waals surface area contributed by atoms with Crippen molar-refractivity contribution in [3.63, 3.8) is 0 Å². The van der Waals surface area contributed by atoms with Gasteiger partial charge >= 0.3 is 0 Å². The molecule has 29 heavy (non-hydrogen) atoms. The maximum atomic E-state index is 11.3. The van der Waals surface area contributed by atoms with E-state index in [2.05, 4.69) is 15.1 Å². The first-order valence-corrected chi connectivity index (χ1v) is 9.63. The van der Waals surface area contributed by atoms with Gasteiger partial charge in [-0.2, -0.15) is 5.10 Å². The van der Waals surface area contributed by atoms with Gasteiger partial charge in [0.2, 0.25) is 5.91 Å². The Morgan fingerprint density at radius 2 is 1.72 bits per heavy atom. The number of anilines is 1. The molecule has 1 amide bonds. The smallest absolute Gasteiger partial charge is 0.248 e. The minimum Gasteiger partial charge on any atom is -0.493 e. The first kappa shape index (κ1) is 19.0. The van der Waals surface area contributed by atoms with E-state index in [4.69, 9.17) is 15.2 Å². The molecule has 0 atom stereocenters. The van der Waals surface area contributed by atoms with Crippen molar-refractivity contribution in [2.24, 2.45) is 5.73 Å². The fraction of sp³-hybridized carbons (Fsp3) is 0.318. The molecule has 150 valence electrons. The Kier molecular flexibility index (Phi) is 5.20. The third kappa shape index (κ3) is 3.68. The minimum atomic E-state index is -0.395. The van der Waals surface area contributed by atoms with E-state index < -0.39 is 5.91 Å². The van der Waals surface area contributed by atoms with Crippen LogP contribution in [0.1, 0.15) is 34.7 Å². The topological polar surface area (TPSA) is 90.6 Å². The predicted molar refractivity (Wildman–Crippen MR) is 112 cm³/mol. The molecule has 0 aliphatic carbocycles. The Morgan fingerprint density at radius 3 is 2.34 bits per heavy atom. The molecule has 2 aromatic carbocycles. The van der Waals surface area contributed by atoms with Crippen molar-refractivity contribution in [3.05, 3.63) is 53.7 Å². The summed E-state index contributed by atoms with van der Waals surface area (Å²) >= 11 is 0. The van der Waals surface area contributed by atoms with Crippen LogP contribution in [0, 0.1) is 0 Å². The lowest BCUT2D eigenvalue weighted by atomic mass is 9.89. The molecule has 2 N–H and O–H groups in total. The largest absolute Gasteiger partial charge is 0.493 e. The molecule has 1 aromatic heterocycles. The second kappa shape index (κ2) is 7.95. The molecule has 0 bridgehead atoms. The second-order valence-corrected chi connectivity index (χ2v) is 7.21. The monoisotopic (exact) mass is 392 g/mol. The van der Waals surface area contributed by atoms with Crippen LogP contribution in [0.3, 0.4) is 0 Å². The molecule has 3 aromatic rings. The SMILES string of the molecule is COc1cc2cnnc(N3CCC(c4ccc(C(N)=O)cc4)CC3)c2cc1OC. The molecule has 0 radical (unpaired) electrons. The number of hydrogen-bond donors (Lipinski definition) is 1. The van der Waals surface area contributed by atoms with Crippen molar-refractivity contribution < 1.29 is 14.3 Å². The molecule has 2 heterocycles. The molecule has 0 unspecified atom stereocenters. The van der Waals surface area contributed by atoms with E-state index in [1.54, 1.807) is 32.5 Å². The van der Waals surface area contributed by atoms with Crippen molar-refractivity contribution in [1.29, 1.82) is 0 Å². The molecular weight excluding hydrogens is 368 g/mol. The summed E-state index contributed by atoms with van der Waals surface area (Å²) < 4.78 is 10.9. The van der Waals surface area contributed by atoms with E-state index in [0.717, 1.165) is 42.5 Å². The predicted octanol–water partition coefficient (Wildman–Crippen LogP) is 3.13. The molecule has 7 nitrogen and oxygen atoms in total. The lowest BCUT2D eigenvalue weighted by molar-refractivity contribution is 0.100. The third-order valence-corrected chi connectivity index (χ3v) is 5.61. The minimum absolute atomic E-state index is 0.395. The number of rotatable bonds is 5. The summed E-state index contributed by atoms with van der Waals surface area (Å²) in [6, 6.07) is 11.5. The van der Waals surface area contributed by atoms with Gasteiger partial charge in [-0.1, -0.05) is 12.1 Å². The van der Waals surface area contributed by atoms with Crippen LogP contribution in [0.4, 0.5) is 5.82 Å². The number of nitrogens with zero attached hydrogens (tertiary/aromatic N) is 3. The van der Waals surface area contributed by atoms with Gasteiger partial charge in [0, 0.05) is 29.4 Å². The normalized spacial score (nSPS) is 14.8. The van der Waals surface area contributed by atoms with Gasteiger partial charge in [0.05, 0.1) is 20.4 Å². The van der Waals surface area contributed by atoms with Crippen LogP contribution < -0.4 is 20.1 Å². The third-order valence-electron chi connectivity index (χ3n) is 5.61. The number of fused-ring (bicyclic) bond motifs is 1. The number of carbonyl (C=O) groups is 1. The van der Waals surface area contributed by atoms with Gasteiger partial charge in [-0.25, -0.2) is 0 Å². The van der Waals surface area contributed by atoms with E-state index in [-0.39, 0.29) is 0 Å². The molecule has 1 saturated heterocycles. The highest BCUT2D eigenvalue weighted by atomic mass is 16.5. The molecule has 1 aliphatic heterocycles. The standard InChI is InChI=1S/C22H24N4O3/c1-28-19-11-17-13-24-25-22(18(17)12-20(19)29-2)26-9-7-15(8-10-26)14-3-5-16(6-4-14)21(23)27/h3-6,11-13,15H,7-10H2,1-2H3,(H2,23,27). The van der Waals surface area contributed by atoms with Gasteiger partial charge in [-0.15, -0.1) is 5.10 Å². The maximum Gasteiger partial charge on any atom is 0.248 e. The van der Waals surface area contributed by atoms with E-state index in [1.165, 1.54) is 5.56 Å². The highest BCUT2D eigenvalue weighted by Gasteiger charge is 2.23. The highest BCUT2D eigenvalue weighted by molar-refractivity contribution is 5.94. The van der Waals surface area contributed by atoms with Crippen LogP contribution in [0.2, 0.25) is 0 Å². The van der Waals surface area contributed by atoms with Gasteiger partial charge in [-0.3, -0.25) is 4.79 Å². The van der Waals surface area contributed by atoms with E-state index in [9.17, 15) is 4.79 Å². The summed E-state index contributed by atoms with van der Waals surface area (Å²) in [7, 11) is 3.26. The Balaban J connectivity index is 1.55. The average Bonchev–Trinajstić information content (AvgIpc) is 2.77. The Hall–Kier alpha value is -3.35. The van der Waals surface area contributed by atoms with E-state index in [0.29, 0.717) is 23.0 Å². The lowest BCUT2D eigenvalue weighted by Crippen LogP contribution is -2.33. The van der Waals surface area contributed by atoms with Crippen molar-refractivity contribution in [1.82, 2.24) is 10.2 Å². The van der Waals surface area contributed by atoms with Gasteiger partial charge in [0.25, 0.3) is 0 Å². The number of piperidine rings is 1. The van der Waals surface area contributed by atoms with Crippen LogP contribution in [-0.4, -0.2) is 43.4 Å². The zero-order valence-corrected chi connectivity index (χ0v) is 16.6. The molecule has 7 heteroatoms. The summed E-state index contributed by atoms with van der Waals surface area (Å²) in [6.07, 6.45) is 3.75. The number of carbonyl (C=O) groups excluding carboxylic acids is 1. The Labute approximate surface area is 169 Å². The summed E-state index contributed by atoms with van der Waals surface area (Å²) in [5.41, 5.74) is 7.12. The van der Waals surface area contributed by atoms with Crippen molar-refractivity contribution in [3.8, 4) is 11.5 Å². The number of aromatic nitrogens is 2. The number of hydrogen-bond acceptors (Lipinski definition) is 6. The van der Waals surface area contributed by atoms with Crippen LogP contribution >= 0.6 is 0 Å². The number of primary amides is 1. The average molecular weight is 392 g/mol. The zero-order chi connectivity index (χ0) is 20.4. The van der Waals surface area contributed by atoms with Crippen LogP contribution in [0.5, 0.6) is 11.5 Å². The molecule has 0 spiro atoms. The summed E-state index contributed by atoms with van der Waals surface area (Å²) in [6.45, 7) is 1.76. The van der Waals surface area contributed by atoms with Gasteiger partial charge in [0.15, 0.2) is 17.3 Å².